The largest absolute Gasteiger partial charge is 0.493 e. The lowest BCUT2D eigenvalue weighted by molar-refractivity contribution is -0.153. The van der Waals surface area contributed by atoms with E-state index >= 15 is 0 Å². The van der Waals surface area contributed by atoms with Crippen LogP contribution in [0.15, 0.2) is 42.6 Å². The van der Waals surface area contributed by atoms with E-state index in [-0.39, 0.29) is 29.2 Å². The molecule has 9 nitrogen and oxygen atoms in total. The van der Waals surface area contributed by atoms with Gasteiger partial charge < -0.3 is 24.3 Å². The van der Waals surface area contributed by atoms with Gasteiger partial charge in [0.25, 0.3) is 5.91 Å². The van der Waals surface area contributed by atoms with Gasteiger partial charge in [0.1, 0.15) is 24.5 Å². The average Bonchev–Trinajstić information content (AvgIpc) is 2.83. The number of hydrogen-bond donors (Lipinski definition) is 1. The van der Waals surface area contributed by atoms with Crippen molar-refractivity contribution in [1.82, 2.24) is 10.3 Å². The number of rotatable bonds is 12. The molecular formula is C25H32N2O7. The van der Waals surface area contributed by atoms with Crippen LogP contribution in [-0.4, -0.2) is 48.7 Å². The van der Waals surface area contributed by atoms with E-state index in [1.807, 2.05) is 30.3 Å². The van der Waals surface area contributed by atoms with E-state index in [9.17, 15) is 14.4 Å². The summed E-state index contributed by atoms with van der Waals surface area (Å²) < 4.78 is 22.0. The summed E-state index contributed by atoms with van der Waals surface area (Å²) in [5.74, 6) is -1.08. The number of benzene rings is 1. The van der Waals surface area contributed by atoms with Gasteiger partial charge in [-0.1, -0.05) is 32.0 Å². The third kappa shape index (κ3) is 7.47. The third-order valence-corrected chi connectivity index (χ3v) is 5.25. The van der Waals surface area contributed by atoms with E-state index in [0.717, 1.165) is 12.8 Å². The summed E-state index contributed by atoms with van der Waals surface area (Å²) in [6.07, 6.45) is 2.14. The van der Waals surface area contributed by atoms with Gasteiger partial charge in [0.2, 0.25) is 5.75 Å². The Labute approximate surface area is 199 Å². The minimum Gasteiger partial charge on any atom is -0.493 e. The quantitative estimate of drug-likeness (QED) is 0.467. The van der Waals surface area contributed by atoms with Gasteiger partial charge in [-0.3, -0.25) is 14.4 Å². The van der Waals surface area contributed by atoms with Crippen molar-refractivity contribution in [3.8, 4) is 17.2 Å². The number of nitrogens with one attached hydrogen (secondary N) is 1. The molecule has 0 radical (unpaired) electrons. The van der Waals surface area contributed by atoms with Crippen LogP contribution >= 0.6 is 0 Å². The predicted octanol–water partition coefficient (Wildman–Crippen LogP) is 3.56. The average molecular weight is 473 g/mol. The second-order valence-corrected chi connectivity index (χ2v) is 7.63. The molecule has 9 heteroatoms. The lowest BCUT2D eigenvalue weighted by Gasteiger charge is -2.31. The Hall–Kier alpha value is -3.62. The number of pyridine rings is 1. The summed E-state index contributed by atoms with van der Waals surface area (Å²) in [7, 11) is 1.37. The van der Waals surface area contributed by atoms with Crippen molar-refractivity contribution in [2.24, 2.45) is 5.92 Å². The molecule has 34 heavy (non-hydrogen) atoms. The van der Waals surface area contributed by atoms with Crippen LogP contribution < -0.4 is 19.5 Å². The van der Waals surface area contributed by atoms with Crippen molar-refractivity contribution in [3.63, 3.8) is 0 Å². The maximum absolute atomic E-state index is 12.6. The zero-order chi connectivity index (χ0) is 25.1. The van der Waals surface area contributed by atoms with Gasteiger partial charge in [-0.2, -0.15) is 0 Å². The van der Waals surface area contributed by atoms with Gasteiger partial charge >= 0.3 is 11.9 Å². The highest BCUT2D eigenvalue weighted by atomic mass is 16.6. The van der Waals surface area contributed by atoms with E-state index in [4.69, 9.17) is 18.9 Å². The summed E-state index contributed by atoms with van der Waals surface area (Å²) in [5, 5.41) is 2.45. The lowest BCUT2D eigenvalue weighted by atomic mass is 9.93. The number of methoxy groups -OCH3 is 1. The van der Waals surface area contributed by atoms with Crippen LogP contribution in [0.25, 0.3) is 0 Å². The van der Waals surface area contributed by atoms with Gasteiger partial charge in [-0.05, 0) is 37.8 Å². The number of aromatic nitrogens is 1. The fourth-order valence-corrected chi connectivity index (χ4v) is 3.53. The van der Waals surface area contributed by atoms with Crippen molar-refractivity contribution in [1.29, 1.82) is 0 Å². The minimum atomic E-state index is -0.711. The fraction of sp³-hybridized carbons (Fsp3) is 0.440. The van der Waals surface area contributed by atoms with Crippen LogP contribution in [-0.2, 0) is 14.3 Å². The molecule has 0 aliphatic heterocycles. The van der Waals surface area contributed by atoms with Crippen LogP contribution in [0, 0.1) is 5.92 Å². The van der Waals surface area contributed by atoms with Crippen molar-refractivity contribution in [3.05, 3.63) is 48.3 Å². The van der Waals surface area contributed by atoms with Crippen molar-refractivity contribution >= 4 is 17.8 Å². The van der Waals surface area contributed by atoms with Crippen molar-refractivity contribution in [2.75, 3.05) is 13.7 Å². The molecule has 2 rings (SSSR count). The monoisotopic (exact) mass is 472 g/mol. The van der Waals surface area contributed by atoms with E-state index in [0.29, 0.717) is 5.75 Å². The van der Waals surface area contributed by atoms with E-state index in [1.54, 1.807) is 6.92 Å². The molecule has 184 valence electrons. The molecular weight excluding hydrogens is 440 g/mol. The molecule has 2 atom stereocenters. The second kappa shape index (κ2) is 13.2. The normalized spacial score (nSPS) is 12.4. The lowest BCUT2D eigenvalue weighted by Crippen LogP contribution is -2.41. The summed E-state index contributed by atoms with van der Waals surface area (Å²) in [5.41, 5.74) is -0.183. The van der Waals surface area contributed by atoms with E-state index in [2.05, 4.69) is 24.1 Å². The SMILES string of the molecule is CCC(CC)[C@@H](Oc1ccccc1)[C@H](C)OC(=O)CNC(=O)c1nccc(OC)c1OC(C)=O. The minimum absolute atomic E-state index is 0.123. The Bertz CT molecular complexity index is 961. The molecule has 0 saturated heterocycles. The van der Waals surface area contributed by atoms with Gasteiger partial charge in [0, 0.05) is 19.2 Å². The number of ether oxygens (including phenoxy) is 4. The standard InChI is InChI=1S/C25H32N2O7/c1-6-18(7-2)23(34-19-11-9-8-10-12-19)16(3)32-21(29)15-27-25(30)22-24(33-17(4)28)20(31-5)13-14-26-22/h8-14,16,18,23H,6-7,15H2,1-5H3,(H,27,30)/t16-,23-/m0/s1. The summed E-state index contributed by atoms with van der Waals surface area (Å²) in [6.45, 7) is 6.69. The Morgan fingerprint density at radius 1 is 1.06 bits per heavy atom. The number of hydrogen-bond acceptors (Lipinski definition) is 8. The van der Waals surface area contributed by atoms with Crippen molar-refractivity contribution < 1.29 is 33.3 Å². The van der Waals surface area contributed by atoms with Gasteiger partial charge in [-0.25, -0.2) is 4.98 Å². The first-order chi connectivity index (χ1) is 16.3. The predicted molar refractivity (Wildman–Crippen MR) is 125 cm³/mol. The number of carbonyl (C=O) groups excluding carboxylic acids is 3. The highest BCUT2D eigenvalue weighted by molar-refractivity contribution is 5.98. The van der Waals surface area contributed by atoms with Gasteiger partial charge in [0.05, 0.1) is 7.11 Å². The Morgan fingerprint density at radius 2 is 1.74 bits per heavy atom. The number of amides is 1. The smallest absolute Gasteiger partial charge is 0.325 e. The summed E-state index contributed by atoms with van der Waals surface area (Å²) in [6, 6.07) is 10.8. The first-order valence-corrected chi connectivity index (χ1v) is 11.2. The third-order valence-electron chi connectivity index (χ3n) is 5.25. The highest BCUT2D eigenvalue weighted by Gasteiger charge is 2.30. The molecule has 1 aromatic carbocycles. The molecule has 0 fully saturated rings. The molecule has 1 heterocycles. The summed E-state index contributed by atoms with van der Waals surface area (Å²) in [4.78, 5) is 40.5. The Kier molecular flexibility index (Phi) is 10.3. The molecule has 0 aliphatic rings. The number of para-hydroxylation sites is 1. The van der Waals surface area contributed by atoms with Crippen LogP contribution in [0.3, 0.4) is 0 Å². The fourth-order valence-electron chi connectivity index (χ4n) is 3.53. The number of carbonyl (C=O) groups is 3. The Balaban J connectivity index is 2.05. The van der Waals surface area contributed by atoms with Gasteiger partial charge in [-0.15, -0.1) is 0 Å². The first kappa shape index (κ1) is 26.6. The van der Waals surface area contributed by atoms with Crippen LogP contribution in [0.1, 0.15) is 51.0 Å². The van der Waals surface area contributed by atoms with Crippen LogP contribution in [0.5, 0.6) is 17.2 Å². The zero-order valence-corrected chi connectivity index (χ0v) is 20.2. The molecule has 0 spiro atoms. The molecule has 0 aliphatic carbocycles. The van der Waals surface area contributed by atoms with Crippen LogP contribution in [0.2, 0.25) is 0 Å². The topological polar surface area (TPSA) is 113 Å². The molecule has 0 unspecified atom stereocenters. The summed E-state index contributed by atoms with van der Waals surface area (Å²) >= 11 is 0. The molecule has 1 N–H and O–H groups in total. The molecule has 1 aromatic heterocycles. The second-order valence-electron chi connectivity index (χ2n) is 7.63. The maximum atomic E-state index is 12.6. The number of nitrogens with zero attached hydrogens (tertiary/aromatic N) is 1. The Morgan fingerprint density at radius 3 is 2.32 bits per heavy atom. The molecule has 1 amide bonds. The first-order valence-electron chi connectivity index (χ1n) is 11.2. The number of esters is 2. The highest BCUT2D eigenvalue weighted by Crippen LogP contribution is 2.29. The zero-order valence-electron chi connectivity index (χ0n) is 20.2. The molecule has 0 bridgehead atoms. The van der Waals surface area contributed by atoms with Gasteiger partial charge in [0.15, 0.2) is 11.4 Å². The van der Waals surface area contributed by atoms with E-state index < -0.39 is 30.5 Å². The molecule has 2 aromatic rings. The maximum Gasteiger partial charge on any atom is 0.325 e. The molecule has 0 saturated carbocycles. The van der Waals surface area contributed by atoms with Crippen molar-refractivity contribution in [2.45, 2.75) is 52.7 Å². The van der Waals surface area contributed by atoms with E-state index in [1.165, 1.54) is 26.3 Å². The van der Waals surface area contributed by atoms with Crippen LogP contribution in [0.4, 0.5) is 0 Å².